The van der Waals surface area contributed by atoms with Crippen LogP contribution in [0, 0.1) is 5.92 Å². The summed E-state index contributed by atoms with van der Waals surface area (Å²) in [5, 5.41) is 2.37. The van der Waals surface area contributed by atoms with E-state index in [9.17, 15) is 14.4 Å². The van der Waals surface area contributed by atoms with Crippen molar-refractivity contribution in [3.8, 4) is 11.5 Å². The van der Waals surface area contributed by atoms with Gasteiger partial charge in [0, 0.05) is 16.8 Å². The van der Waals surface area contributed by atoms with Crippen LogP contribution in [0.1, 0.15) is 41.0 Å². The summed E-state index contributed by atoms with van der Waals surface area (Å²) in [5.41, 5.74) is 10.6. The number of carbonyl (C=O) groups is 3. The Balaban J connectivity index is 1.98. The highest BCUT2D eigenvalue weighted by Gasteiger charge is 2.13. The highest BCUT2D eigenvalue weighted by atomic mass is 16.5. The Morgan fingerprint density at radius 1 is 0.967 bits per heavy atom. The smallest absolute Gasteiger partial charge is 0.316 e. The van der Waals surface area contributed by atoms with E-state index >= 15 is 0 Å². The van der Waals surface area contributed by atoms with Gasteiger partial charge in [-0.3, -0.25) is 20.4 Å². The van der Waals surface area contributed by atoms with E-state index in [1.165, 1.54) is 25.3 Å². The van der Waals surface area contributed by atoms with E-state index in [4.69, 9.17) is 15.2 Å². The third-order valence-corrected chi connectivity index (χ3v) is 4.06. The minimum absolute atomic E-state index is 0.230. The molecule has 0 fully saturated rings. The number of primary amides is 1. The monoisotopic (exact) mass is 414 g/mol. The number of hydrogen-bond donors (Lipinski definition) is 4. The van der Waals surface area contributed by atoms with E-state index in [-0.39, 0.29) is 11.1 Å². The summed E-state index contributed by atoms with van der Waals surface area (Å²) < 4.78 is 11.0. The maximum Gasteiger partial charge on any atom is 0.316 e. The first-order chi connectivity index (χ1) is 14.3. The molecule has 0 aliphatic heterocycles. The topological polar surface area (TPSA) is 132 Å². The molecule has 0 saturated heterocycles. The SMILES string of the molecule is COc1cc(C(=O)NNC(=O)c2cccc(NC(N)=O)c2)ccc1OCCC(C)C. The lowest BCUT2D eigenvalue weighted by Gasteiger charge is -2.13. The molecule has 0 unspecified atom stereocenters. The molecule has 0 heterocycles. The summed E-state index contributed by atoms with van der Waals surface area (Å²) in [7, 11) is 1.49. The Hall–Kier alpha value is -3.75. The summed E-state index contributed by atoms with van der Waals surface area (Å²) in [5.74, 6) is 0.385. The Bertz CT molecular complexity index is 914. The van der Waals surface area contributed by atoms with E-state index in [1.807, 2.05) is 0 Å². The molecule has 0 spiro atoms. The molecule has 5 N–H and O–H groups in total. The summed E-state index contributed by atoms with van der Waals surface area (Å²) in [4.78, 5) is 35.6. The largest absolute Gasteiger partial charge is 0.493 e. The predicted octanol–water partition coefficient (Wildman–Crippen LogP) is 2.69. The van der Waals surface area contributed by atoms with Crippen molar-refractivity contribution in [1.29, 1.82) is 0 Å². The van der Waals surface area contributed by atoms with Crippen LogP contribution >= 0.6 is 0 Å². The summed E-state index contributed by atoms with van der Waals surface area (Å²) in [6.07, 6.45) is 0.896. The molecule has 30 heavy (non-hydrogen) atoms. The first kappa shape index (κ1) is 22.5. The van der Waals surface area contributed by atoms with Crippen LogP contribution in [0.4, 0.5) is 10.5 Å². The molecule has 9 nitrogen and oxygen atoms in total. The van der Waals surface area contributed by atoms with Crippen molar-refractivity contribution in [1.82, 2.24) is 10.9 Å². The standard InChI is InChI=1S/C21H26N4O5/c1-13(2)9-10-30-17-8-7-15(12-18(17)29-3)20(27)25-24-19(26)14-5-4-6-16(11-14)23-21(22)28/h4-8,11-13H,9-10H2,1-3H3,(H,24,26)(H,25,27)(H3,22,23,28). The quantitative estimate of drug-likeness (QED) is 0.493. The number of amides is 4. The lowest BCUT2D eigenvalue weighted by molar-refractivity contribution is 0.0846. The van der Waals surface area contributed by atoms with Crippen molar-refractivity contribution in [2.75, 3.05) is 19.0 Å². The van der Waals surface area contributed by atoms with E-state index in [2.05, 4.69) is 30.0 Å². The second-order valence-electron chi connectivity index (χ2n) is 6.87. The third-order valence-electron chi connectivity index (χ3n) is 4.06. The van der Waals surface area contributed by atoms with Gasteiger partial charge in [-0.2, -0.15) is 0 Å². The second-order valence-corrected chi connectivity index (χ2v) is 6.87. The second kappa shape index (κ2) is 10.7. The van der Waals surface area contributed by atoms with Crippen molar-refractivity contribution in [3.05, 3.63) is 53.6 Å². The van der Waals surface area contributed by atoms with Crippen molar-refractivity contribution in [3.63, 3.8) is 0 Å². The number of carbonyl (C=O) groups excluding carboxylic acids is 3. The van der Waals surface area contributed by atoms with Crippen LogP contribution in [0.3, 0.4) is 0 Å². The van der Waals surface area contributed by atoms with Crippen molar-refractivity contribution >= 4 is 23.5 Å². The van der Waals surface area contributed by atoms with E-state index in [0.717, 1.165) is 6.42 Å². The Labute approximate surface area is 174 Å². The maximum atomic E-state index is 12.4. The van der Waals surface area contributed by atoms with Crippen LogP contribution in [-0.2, 0) is 0 Å². The van der Waals surface area contributed by atoms with E-state index in [1.54, 1.807) is 24.3 Å². The van der Waals surface area contributed by atoms with Gasteiger partial charge in [-0.1, -0.05) is 19.9 Å². The number of hydrazine groups is 1. The van der Waals surface area contributed by atoms with Crippen LogP contribution in [0.5, 0.6) is 11.5 Å². The van der Waals surface area contributed by atoms with E-state index in [0.29, 0.717) is 29.7 Å². The maximum absolute atomic E-state index is 12.4. The normalized spacial score (nSPS) is 10.3. The molecule has 0 aromatic heterocycles. The number of ether oxygens (including phenoxy) is 2. The lowest BCUT2D eigenvalue weighted by Crippen LogP contribution is -2.41. The Morgan fingerprint density at radius 2 is 1.63 bits per heavy atom. The summed E-state index contributed by atoms with van der Waals surface area (Å²) >= 11 is 0. The fourth-order valence-electron chi connectivity index (χ4n) is 2.47. The number of hydrogen-bond acceptors (Lipinski definition) is 5. The van der Waals surface area contributed by atoms with Gasteiger partial charge in [0.2, 0.25) is 0 Å². The fraction of sp³-hybridized carbons (Fsp3) is 0.286. The molecule has 0 radical (unpaired) electrons. The van der Waals surface area contributed by atoms with Gasteiger partial charge in [0.1, 0.15) is 0 Å². The molecule has 0 aliphatic carbocycles. The zero-order valence-corrected chi connectivity index (χ0v) is 17.2. The number of methoxy groups -OCH3 is 1. The first-order valence-electron chi connectivity index (χ1n) is 9.38. The van der Waals surface area contributed by atoms with E-state index < -0.39 is 17.8 Å². The van der Waals surface area contributed by atoms with Gasteiger partial charge in [0.15, 0.2) is 11.5 Å². The number of nitrogens with two attached hydrogens (primary N) is 1. The fourth-order valence-corrected chi connectivity index (χ4v) is 2.47. The van der Waals surface area contributed by atoms with Gasteiger partial charge in [-0.05, 0) is 48.7 Å². The molecule has 0 saturated carbocycles. The van der Waals surface area contributed by atoms with Gasteiger partial charge >= 0.3 is 6.03 Å². The van der Waals surface area contributed by atoms with Gasteiger partial charge in [-0.25, -0.2) is 4.79 Å². The van der Waals surface area contributed by atoms with Crippen molar-refractivity contribution in [2.24, 2.45) is 11.7 Å². The summed E-state index contributed by atoms with van der Waals surface area (Å²) in [6.45, 7) is 4.75. The predicted molar refractivity (Wildman–Crippen MR) is 113 cm³/mol. The highest BCUT2D eigenvalue weighted by molar-refractivity contribution is 6.00. The van der Waals surface area contributed by atoms with Crippen LogP contribution < -0.4 is 31.4 Å². The zero-order chi connectivity index (χ0) is 22.1. The average molecular weight is 414 g/mol. The van der Waals surface area contributed by atoms with Crippen LogP contribution in [0.15, 0.2) is 42.5 Å². The van der Waals surface area contributed by atoms with Gasteiger partial charge in [-0.15, -0.1) is 0 Å². The number of benzene rings is 2. The van der Waals surface area contributed by atoms with Gasteiger partial charge < -0.3 is 20.5 Å². The number of nitrogens with one attached hydrogen (secondary N) is 3. The molecule has 0 aliphatic rings. The summed E-state index contributed by atoms with van der Waals surface area (Å²) in [6, 6.07) is 10.1. The zero-order valence-electron chi connectivity index (χ0n) is 17.2. The molecule has 2 rings (SSSR count). The average Bonchev–Trinajstić information content (AvgIpc) is 2.71. The highest BCUT2D eigenvalue weighted by Crippen LogP contribution is 2.28. The number of anilines is 1. The van der Waals surface area contributed by atoms with Crippen LogP contribution in [-0.4, -0.2) is 31.6 Å². The van der Waals surface area contributed by atoms with Crippen molar-refractivity contribution < 1.29 is 23.9 Å². The molecular weight excluding hydrogens is 388 g/mol. The lowest BCUT2D eigenvalue weighted by atomic mass is 10.1. The molecule has 2 aromatic carbocycles. The number of rotatable bonds is 8. The third kappa shape index (κ3) is 6.69. The Morgan fingerprint density at radius 3 is 2.23 bits per heavy atom. The minimum Gasteiger partial charge on any atom is -0.493 e. The van der Waals surface area contributed by atoms with Crippen LogP contribution in [0.25, 0.3) is 0 Å². The molecule has 0 bridgehead atoms. The van der Waals surface area contributed by atoms with Crippen molar-refractivity contribution in [2.45, 2.75) is 20.3 Å². The van der Waals surface area contributed by atoms with Gasteiger partial charge in [0.25, 0.3) is 11.8 Å². The molecule has 2 aromatic rings. The van der Waals surface area contributed by atoms with Gasteiger partial charge in [0.05, 0.1) is 13.7 Å². The molecule has 9 heteroatoms. The molecule has 4 amide bonds. The molecule has 160 valence electrons. The number of urea groups is 1. The molecule has 0 atom stereocenters. The first-order valence-corrected chi connectivity index (χ1v) is 9.38. The van der Waals surface area contributed by atoms with Crippen LogP contribution in [0.2, 0.25) is 0 Å². The minimum atomic E-state index is -0.744. The Kier molecular flexibility index (Phi) is 8.04. The molecular formula is C21H26N4O5.